The van der Waals surface area contributed by atoms with Gasteiger partial charge in [0, 0.05) is 0 Å². The van der Waals surface area contributed by atoms with Gasteiger partial charge in [0.05, 0.1) is 0 Å². The normalized spacial score (nSPS) is 30.6. The lowest BCUT2D eigenvalue weighted by Gasteiger charge is -2.38. The Hall–Kier alpha value is 0. The highest BCUT2D eigenvalue weighted by Gasteiger charge is 2.49. The Morgan fingerprint density at radius 1 is 1.12 bits per heavy atom. The van der Waals surface area contributed by atoms with E-state index in [0.29, 0.717) is 16.2 Å². The fourth-order valence-electron chi connectivity index (χ4n) is 3.70. The van der Waals surface area contributed by atoms with E-state index in [1.54, 1.807) is 0 Å². The molecule has 16 heavy (non-hydrogen) atoms. The second-order valence-corrected chi connectivity index (χ2v) is 7.79. The maximum atomic E-state index is 2.48. The standard InChI is InChI=1S/C16H32/c1-8-15(6,9-2)11-14(4,5)12-16(7)10-13(16)3/h13H,8-12H2,1-7H3. The first-order valence-electron chi connectivity index (χ1n) is 7.16. The van der Waals surface area contributed by atoms with Gasteiger partial charge in [0.2, 0.25) is 0 Å². The zero-order valence-electron chi connectivity index (χ0n) is 12.6. The van der Waals surface area contributed by atoms with Gasteiger partial charge in [0.1, 0.15) is 0 Å². The van der Waals surface area contributed by atoms with Crippen LogP contribution >= 0.6 is 0 Å². The van der Waals surface area contributed by atoms with Crippen LogP contribution in [0, 0.1) is 22.2 Å². The number of rotatable bonds is 6. The Bertz CT molecular complexity index is 234. The lowest BCUT2D eigenvalue weighted by atomic mass is 9.67. The van der Waals surface area contributed by atoms with Crippen molar-refractivity contribution in [1.29, 1.82) is 0 Å². The smallest absolute Gasteiger partial charge is 0.0292 e. The van der Waals surface area contributed by atoms with Crippen LogP contribution in [-0.2, 0) is 0 Å². The van der Waals surface area contributed by atoms with Crippen LogP contribution < -0.4 is 0 Å². The first kappa shape index (κ1) is 14.1. The van der Waals surface area contributed by atoms with Crippen LogP contribution in [0.1, 0.15) is 80.6 Å². The van der Waals surface area contributed by atoms with Crippen LogP contribution in [0.5, 0.6) is 0 Å². The second kappa shape index (κ2) is 4.35. The molecule has 0 saturated heterocycles. The minimum absolute atomic E-state index is 0.514. The molecule has 0 aromatic heterocycles. The van der Waals surface area contributed by atoms with Gasteiger partial charge >= 0.3 is 0 Å². The topological polar surface area (TPSA) is 0 Å². The van der Waals surface area contributed by atoms with E-state index in [2.05, 4.69) is 48.5 Å². The minimum atomic E-state index is 0.514. The molecule has 0 nitrogen and oxygen atoms in total. The minimum Gasteiger partial charge on any atom is -0.0649 e. The molecule has 2 atom stereocenters. The molecule has 1 fully saturated rings. The summed E-state index contributed by atoms with van der Waals surface area (Å²) in [4.78, 5) is 0. The van der Waals surface area contributed by atoms with Gasteiger partial charge in [-0.2, -0.15) is 0 Å². The van der Waals surface area contributed by atoms with Crippen molar-refractivity contribution in [1.82, 2.24) is 0 Å². The summed E-state index contributed by atoms with van der Waals surface area (Å²) in [6, 6.07) is 0. The first-order chi connectivity index (χ1) is 7.16. The van der Waals surface area contributed by atoms with Crippen LogP contribution in [-0.4, -0.2) is 0 Å². The van der Waals surface area contributed by atoms with E-state index in [1.807, 2.05) is 0 Å². The van der Waals surface area contributed by atoms with Crippen molar-refractivity contribution in [2.24, 2.45) is 22.2 Å². The molecule has 1 rings (SSSR count). The first-order valence-corrected chi connectivity index (χ1v) is 7.16. The molecule has 1 aliphatic carbocycles. The molecule has 0 bridgehead atoms. The van der Waals surface area contributed by atoms with Crippen molar-refractivity contribution in [3.05, 3.63) is 0 Å². The van der Waals surface area contributed by atoms with Crippen molar-refractivity contribution in [3.63, 3.8) is 0 Å². The van der Waals surface area contributed by atoms with Crippen molar-refractivity contribution in [2.45, 2.75) is 80.6 Å². The summed E-state index contributed by atoms with van der Waals surface area (Å²) in [7, 11) is 0. The summed E-state index contributed by atoms with van der Waals surface area (Å²) in [5.41, 5.74) is 1.73. The summed E-state index contributed by atoms with van der Waals surface area (Å²) in [6.45, 7) is 17.0. The molecule has 1 saturated carbocycles. The Morgan fingerprint density at radius 3 is 1.88 bits per heavy atom. The molecule has 0 aromatic rings. The number of hydrogen-bond donors (Lipinski definition) is 0. The molecule has 2 unspecified atom stereocenters. The molecule has 0 heteroatoms. The summed E-state index contributed by atoms with van der Waals surface area (Å²) in [6.07, 6.45) is 6.88. The van der Waals surface area contributed by atoms with Gasteiger partial charge in [0.25, 0.3) is 0 Å². The van der Waals surface area contributed by atoms with Gasteiger partial charge < -0.3 is 0 Å². The maximum Gasteiger partial charge on any atom is -0.0292 e. The average molecular weight is 224 g/mol. The van der Waals surface area contributed by atoms with E-state index in [0.717, 1.165) is 5.92 Å². The highest BCUT2D eigenvalue weighted by molar-refractivity contribution is 4.99. The summed E-state index contributed by atoms with van der Waals surface area (Å²) < 4.78 is 0. The second-order valence-electron chi connectivity index (χ2n) is 7.79. The molecular formula is C16H32. The number of hydrogen-bond acceptors (Lipinski definition) is 0. The molecule has 0 N–H and O–H groups in total. The van der Waals surface area contributed by atoms with E-state index < -0.39 is 0 Å². The predicted octanol–water partition coefficient (Wildman–Crippen LogP) is 5.67. The van der Waals surface area contributed by atoms with Gasteiger partial charge in [-0.05, 0) is 41.4 Å². The van der Waals surface area contributed by atoms with E-state index >= 15 is 0 Å². The molecule has 0 spiro atoms. The van der Waals surface area contributed by atoms with Crippen LogP contribution in [0.3, 0.4) is 0 Å². The highest BCUT2D eigenvalue weighted by atomic mass is 14.5. The van der Waals surface area contributed by atoms with Crippen molar-refractivity contribution >= 4 is 0 Å². The lowest BCUT2D eigenvalue weighted by molar-refractivity contribution is 0.130. The van der Waals surface area contributed by atoms with Crippen molar-refractivity contribution in [2.75, 3.05) is 0 Å². The largest absolute Gasteiger partial charge is 0.0649 e. The van der Waals surface area contributed by atoms with Gasteiger partial charge in [-0.1, -0.05) is 61.3 Å². The van der Waals surface area contributed by atoms with Gasteiger partial charge in [-0.3, -0.25) is 0 Å². The van der Waals surface area contributed by atoms with Gasteiger partial charge in [-0.15, -0.1) is 0 Å². The third kappa shape index (κ3) is 3.25. The molecular weight excluding hydrogens is 192 g/mol. The Kier molecular flexibility index (Phi) is 3.82. The predicted molar refractivity (Wildman–Crippen MR) is 73.6 cm³/mol. The highest BCUT2D eigenvalue weighted by Crippen LogP contribution is 2.59. The van der Waals surface area contributed by atoms with Crippen LogP contribution in [0.15, 0.2) is 0 Å². The fraction of sp³-hybridized carbons (Fsp3) is 1.00. The molecule has 0 aromatic carbocycles. The van der Waals surface area contributed by atoms with Crippen LogP contribution in [0.2, 0.25) is 0 Å². The lowest BCUT2D eigenvalue weighted by Crippen LogP contribution is -2.27. The molecule has 1 aliphatic rings. The van der Waals surface area contributed by atoms with E-state index in [9.17, 15) is 0 Å². The molecule has 96 valence electrons. The zero-order chi connectivity index (χ0) is 12.6. The third-order valence-electron chi connectivity index (χ3n) is 5.30. The monoisotopic (exact) mass is 224 g/mol. The van der Waals surface area contributed by atoms with Crippen molar-refractivity contribution in [3.8, 4) is 0 Å². The van der Waals surface area contributed by atoms with E-state index in [1.165, 1.54) is 32.1 Å². The Labute approximate surface area is 103 Å². The van der Waals surface area contributed by atoms with Gasteiger partial charge in [0.15, 0.2) is 0 Å². The fourth-order valence-corrected chi connectivity index (χ4v) is 3.70. The molecule has 0 amide bonds. The summed E-state index contributed by atoms with van der Waals surface area (Å²) in [5, 5.41) is 0. The van der Waals surface area contributed by atoms with Crippen LogP contribution in [0.4, 0.5) is 0 Å². The summed E-state index contributed by atoms with van der Waals surface area (Å²) in [5.74, 6) is 0.960. The van der Waals surface area contributed by atoms with Gasteiger partial charge in [-0.25, -0.2) is 0 Å². The Morgan fingerprint density at radius 2 is 1.56 bits per heavy atom. The summed E-state index contributed by atoms with van der Waals surface area (Å²) >= 11 is 0. The molecule has 0 heterocycles. The SMILES string of the molecule is CCC(C)(CC)CC(C)(C)CC1(C)CC1C. The molecule has 0 aliphatic heterocycles. The maximum absolute atomic E-state index is 2.48. The Balaban J connectivity index is 2.57. The molecule has 0 radical (unpaired) electrons. The quantitative estimate of drug-likeness (QED) is 0.545. The van der Waals surface area contributed by atoms with Crippen LogP contribution in [0.25, 0.3) is 0 Å². The average Bonchev–Trinajstić information content (AvgIpc) is 2.71. The van der Waals surface area contributed by atoms with E-state index in [4.69, 9.17) is 0 Å². The van der Waals surface area contributed by atoms with Crippen molar-refractivity contribution < 1.29 is 0 Å². The third-order valence-corrected chi connectivity index (χ3v) is 5.30. The van der Waals surface area contributed by atoms with E-state index in [-0.39, 0.29) is 0 Å². The zero-order valence-corrected chi connectivity index (χ0v) is 12.6.